The molecule has 0 heterocycles. The minimum atomic E-state index is 0.332. The van der Waals surface area contributed by atoms with E-state index in [2.05, 4.69) is 0 Å². The molecule has 0 radical (unpaired) electrons. The molecule has 6 unspecified atom stereocenters. The van der Waals surface area contributed by atoms with Gasteiger partial charge in [0.1, 0.15) is 11.6 Å². The van der Waals surface area contributed by atoms with Gasteiger partial charge in [0.15, 0.2) is 0 Å². The van der Waals surface area contributed by atoms with Gasteiger partial charge in [0.05, 0.1) is 0 Å². The molecule has 0 aromatic rings. The maximum Gasteiger partial charge on any atom is 0.136 e. The molecule has 0 aliphatic heterocycles. The van der Waals surface area contributed by atoms with Crippen LogP contribution in [0.4, 0.5) is 0 Å². The molecule has 4 aliphatic rings. The van der Waals surface area contributed by atoms with Crippen molar-refractivity contribution in [3.05, 3.63) is 0 Å². The molecule has 18 heavy (non-hydrogen) atoms. The zero-order valence-corrected chi connectivity index (χ0v) is 10.9. The Morgan fingerprint density at radius 2 is 1.06 bits per heavy atom. The van der Waals surface area contributed by atoms with Crippen LogP contribution in [0.2, 0.25) is 0 Å². The average Bonchev–Trinajstić information content (AvgIpc) is 2.40. The largest absolute Gasteiger partial charge is 0.299 e. The van der Waals surface area contributed by atoms with Crippen LogP contribution >= 0.6 is 0 Å². The Morgan fingerprint density at radius 3 is 1.50 bits per heavy atom. The normalized spacial score (nSPS) is 50.9. The molecule has 4 saturated carbocycles. The Hall–Kier alpha value is -0.660. The fourth-order valence-corrected chi connectivity index (χ4v) is 5.83. The second-order valence-corrected chi connectivity index (χ2v) is 7.05. The topological polar surface area (TPSA) is 34.1 Å². The predicted molar refractivity (Wildman–Crippen MR) is 67.9 cm³/mol. The molecule has 6 atom stereocenters. The maximum absolute atomic E-state index is 12.2. The van der Waals surface area contributed by atoms with Gasteiger partial charge >= 0.3 is 0 Å². The molecule has 4 rings (SSSR count). The van der Waals surface area contributed by atoms with Crippen LogP contribution in [0.25, 0.3) is 0 Å². The summed E-state index contributed by atoms with van der Waals surface area (Å²) in [4.78, 5) is 24.4. The van der Waals surface area contributed by atoms with E-state index in [0.29, 0.717) is 35.2 Å². The van der Waals surface area contributed by atoms with Crippen LogP contribution in [0.5, 0.6) is 0 Å². The quantitative estimate of drug-likeness (QED) is 0.658. The summed E-state index contributed by atoms with van der Waals surface area (Å²) in [6.45, 7) is 0. The Morgan fingerprint density at radius 1 is 0.611 bits per heavy atom. The first kappa shape index (κ1) is 11.2. The zero-order chi connectivity index (χ0) is 12.3. The van der Waals surface area contributed by atoms with Crippen molar-refractivity contribution >= 4 is 11.6 Å². The fraction of sp³-hybridized carbons (Fsp3) is 0.875. The highest BCUT2D eigenvalue weighted by Crippen LogP contribution is 2.58. The van der Waals surface area contributed by atoms with E-state index in [4.69, 9.17) is 0 Å². The van der Waals surface area contributed by atoms with Gasteiger partial charge in [-0.2, -0.15) is 0 Å². The van der Waals surface area contributed by atoms with Crippen molar-refractivity contribution in [2.75, 3.05) is 0 Å². The van der Waals surface area contributed by atoms with Crippen LogP contribution in [-0.2, 0) is 9.59 Å². The lowest BCUT2D eigenvalue weighted by Gasteiger charge is -2.56. The lowest BCUT2D eigenvalue weighted by Crippen LogP contribution is -2.53. The molecular formula is C16H22O2. The summed E-state index contributed by atoms with van der Waals surface area (Å²) < 4.78 is 0. The lowest BCUT2D eigenvalue weighted by atomic mass is 9.48. The van der Waals surface area contributed by atoms with Crippen LogP contribution in [0.15, 0.2) is 0 Å². The van der Waals surface area contributed by atoms with E-state index in [1.165, 1.54) is 12.8 Å². The Balaban J connectivity index is 1.72. The van der Waals surface area contributed by atoms with Crippen LogP contribution in [0.3, 0.4) is 0 Å². The fourth-order valence-electron chi connectivity index (χ4n) is 5.83. The second kappa shape index (κ2) is 3.91. The maximum atomic E-state index is 12.2. The number of hydrogen-bond donors (Lipinski definition) is 0. The Bertz CT molecular complexity index is 362. The monoisotopic (exact) mass is 246 g/mol. The van der Waals surface area contributed by atoms with Crippen molar-refractivity contribution in [2.45, 2.75) is 51.4 Å². The van der Waals surface area contributed by atoms with Crippen LogP contribution in [0, 0.1) is 35.5 Å². The predicted octanol–water partition coefficient (Wildman–Crippen LogP) is 3.00. The van der Waals surface area contributed by atoms with Gasteiger partial charge in [-0.15, -0.1) is 0 Å². The Kier molecular flexibility index (Phi) is 2.43. The van der Waals surface area contributed by atoms with E-state index < -0.39 is 0 Å². The van der Waals surface area contributed by atoms with Crippen molar-refractivity contribution in [2.24, 2.45) is 35.5 Å². The molecule has 0 N–H and O–H groups in total. The third-order valence-corrected chi connectivity index (χ3v) is 6.51. The molecule has 4 fully saturated rings. The number of ketones is 2. The zero-order valence-electron chi connectivity index (χ0n) is 10.9. The third kappa shape index (κ3) is 1.41. The highest BCUT2D eigenvalue weighted by Gasteiger charge is 2.55. The highest BCUT2D eigenvalue weighted by molar-refractivity contribution is 5.84. The Labute approximate surface area is 109 Å². The standard InChI is InChI=1S/C16H22O2/c17-13-8-4-10-2-6-12-14(18)7-3-9-1-5-11(13)16(10)15(9)12/h9-12,15-16H,1-8H2. The molecule has 0 spiro atoms. The van der Waals surface area contributed by atoms with E-state index in [-0.39, 0.29) is 0 Å². The summed E-state index contributed by atoms with van der Waals surface area (Å²) in [7, 11) is 0. The van der Waals surface area contributed by atoms with Crippen LogP contribution in [0.1, 0.15) is 51.4 Å². The number of rotatable bonds is 0. The van der Waals surface area contributed by atoms with E-state index in [1.54, 1.807) is 0 Å². The van der Waals surface area contributed by atoms with E-state index >= 15 is 0 Å². The van der Waals surface area contributed by atoms with Gasteiger partial charge in [0.25, 0.3) is 0 Å². The number of carbonyl (C=O) groups is 2. The van der Waals surface area contributed by atoms with E-state index in [9.17, 15) is 9.59 Å². The summed E-state index contributed by atoms with van der Waals surface area (Å²) in [5.74, 6) is 4.42. The minimum Gasteiger partial charge on any atom is -0.299 e. The summed E-state index contributed by atoms with van der Waals surface area (Å²) in [6, 6.07) is 0. The number of hydrogen-bond acceptors (Lipinski definition) is 2. The van der Waals surface area contributed by atoms with Crippen molar-refractivity contribution in [3.63, 3.8) is 0 Å². The van der Waals surface area contributed by atoms with Gasteiger partial charge in [-0.25, -0.2) is 0 Å². The van der Waals surface area contributed by atoms with Crippen LogP contribution in [-0.4, -0.2) is 11.6 Å². The van der Waals surface area contributed by atoms with Gasteiger partial charge in [0, 0.05) is 24.7 Å². The van der Waals surface area contributed by atoms with E-state index in [0.717, 1.165) is 50.4 Å². The third-order valence-electron chi connectivity index (χ3n) is 6.51. The lowest BCUT2D eigenvalue weighted by molar-refractivity contribution is -0.151. The molecule has 0 aromatic carbocycles. The second-order valence-electron chi connectivity index (χ2n) is 7.05. The van der Waals surface area contributed by atoms with Gasteiger partial charge in [-0.05, 0) is 62.2 Å². The van der Waals surface area contributed by atoms with Crippen molar-refractivity contribution in [1.82, 2.24) is 0 Å². The van der Waals surface area contributed by atoms with Crippen molar-refractivity contribution in [1.29, 1.82) is 0 Å². The van der Waals surface area contributed by atoms with Gasteiger partial charge < -0.3 is 0 Å². The summed E-state index contributed by atoms with van der Waals surface area (Å²) in [5, 5.41) is 0. The van der Waals surface area contributed by atoms with Crippen LogP contribution < -0.4 is 0 Å². The molecule has 0 aromatic heterocycles. The molecule has 0 amide bonds. The number of Topliss-reactive ketones (excluding diaryl/α,β-unsaturated/α-hetero) is 2. The van der Waals surface area contributed by atoms with Gasteiger partial charge in [-0.3, -0.25) is 9.59 Å². The smallest absolute Gasteiger partial charge is 0.136 e. The summed E-state index contributed by atoms with van der Waals surface area (Å²) >= 11 is 0. The molecule has 0 saturated heterocycles. The molecular weight excluding hydrogens is 224 g/mol. The first-order valence-corrected chi connectivity index (χ1v) is 7.81. The van der Waals surface area contributed by atoms with Crippen molar-refractivity contribution in [3.8, 4) is 0 Å². The van der Waals surface area contributed by atoms with Crippen molar-refractivity contribution < 1.29 is 9.59 Å². The molecule has 2 nitrogen and oxygen atoms in total. The summed E-state index contributed by atoms with van der Waals surface area (Å²) in [6.07, 6.45) is 8.56. The van der Waals surface area contributed by atoms with Gasteiger partial charge in [-0.1, -0.05) is 0 Å². The van der Waals surface area contributed by atoms with Gasteiger partial charge in [0.2, 0.25) is 0 Å². The first-order chi connectivity index (χ1) is 8.75. The average molecular weight is 246 g/mol. The first-order valence-electron chi connectivity index (χ1n) is 7.81. The molecule has 98 valence electrons. The SMILES string of the molecule is O=C1CCC2CCC3C(=O)CCC4CCC1C2C43. The van der Waals surface area contributed by atoms with E-state index in [1.807, 2.05) is 0 Å². The molecule has 4 aliphatic carbocycles. The minimum absolute atomic E-state index is 0.332. The molecule has 0 bridgehead atoms. The molecule has 2 heteroatoms. The summed E-state index contributed by atoms with van der Waals surface area (Å²) in [5.41, 5.74) is 0. The highest BCUT2D eigenvalue weighted by atomic mass is 16.1. The number of carbonyl (C=O) groups excluding carboxylic acids is 2.